The zero-order valence-corrected chi connectivity index (χ0v) is 77.4. The van der Waals surface area contributed by atoms with Gasteiger partial charge in [-0.2, -0.15) is 0 Å². The highest BCUT2D eigenvalue weighted by Crippen LogP contribution is 2.32. The van der Waals surface area contributed by atoms with Gasteiger partial charge in [-0.25, -0.2) is 0 Å². The minimum absolute atomic E-state index is 0.0282. The zero-order chi connectivity index (χ0) is 92.8. The van der Waals surface area contributed by atoms with Crippen molar-refractivity contribution in [3.05, 3.63) is 322 Å². The predicted molar refractivity (Wildman–Crippen MR) is 507 cm³/mol. The van der Waals surface area contributed by atoms with E-state index in [0.29, 0.717) is 51.4 Å². The Bertz CT molecular complexity index is 4830. The molecule has 20 nitrogen and oxygen atoms in total. The van der Waals surface area contributed by atoms with Crippen molar-refractivity contribution >= 4 is 57.2 Å². The molecular weight excluding hydrogens is 1670 g/mol. The van der Waals surface area contributed by atoms with E-state index in [9.17, 15) is 29.1 Å². The average Bonchev–Trinajstić information content (AvgIpc) is 0.958. The molecular formula is C106H125BrN2O18. The SMILES string of the molecule is BrCc1ccccc1.CC.CC#CC(CC(=O)OC)c1ccc(C)cc1.CC#CC(CC(=O)OC)c1ccc(O)cc1.CCCC(CC(=O)O)c1ccc(OCc2ccc(OC/C(=N\OC)c3ccccc3)cc2)cc1.CCCC(CC(=O)OC)c1ccc(O)cc1.CCCC(CC(=O)OC)c1ccc(OCc2ccc(OC/C(=N\OC)c3ccccc3)cc2)cc1. The zero-order valence-electron chi connectivity index (χ0n) is 75.8. The van der Waals surface area contributed by atoms with Crippen LogP contribution >= 0.6 is 15.9 Å². The molecule has 0 spiro atoms. The van der Waals surface area contributed by atoms with Gasteiger partial charge in [-0.1, -0.05) is 286 Å². The molecule has 3 N–H and O–H groups in total. The van der Waals surface area contributed by atoms with Gasteiger partial charge in [-0.3, -0.25) is 24.0 Å². The summed E-state index contributed by atoms with van der Waals surface area (Å²) in [6.07, 6.45) is 7.17. The van der Waals surface area contributed by atoms with Gasteiger partial charge in [-0.05, 0) is 175 Å². The number of hydrogen-bond donors (Lipinski definition) is 3. The molecule has 0 aliphatic heterocycles. The summed E-state index contributed by atoms with van der Waals surface area (Å²) in [6, 6.07) is 82.8. The Morgan fingerprint density at radius 1 is 0.362 bits per heavy atom. The van der Waals surface area contributed by atoms with Crippen molar-refractivity contribution < 1.29 is 86.9 Å². The largest absolute Gasteiger partial charge is 0.508 e. The number of halogens is 1. The van der Waals surface area contributed by atoms with Crippen LogP contribution in [0.15, 0.2) is 271 Å². The normalized spacial score (nSPS) is 11.5. The van der Waals surface area contributed by atoms with E-state index in [1.165, 1.54) is 53.8 Å². The summed E-state index contributed by atoms with van der Waals surface area (Å²) in [5, 5.41) is 36.6. The molecule has 0 aliphatic carbocycles. The lowest BCUT2D eigenvalue weighted by Gasteiger charge is -2.16. The van der Waals surface area contributed by atoms with Gasteiger partial charge in [0.05, 0.1) is 72.4 Å². The molecule has 674 valence electrons. The summed E-state index contributed by atoms with van der Waals surface area (Å²) < 4.78 is 42.4. The van der Waals surface area contributed by atoms with Gasteiger partial charge in [0, 0.05) is 16.5 Å². The molecule has 0 fully saturated rings. The Hall–Kier alpha value is -13.1. The van der Waals surface area contributed by atoms with Crippen molar-refractivity contribution in [1.82, 2.24) is 0 Å². The number of carbonyl (C=O) groups excluding carboxylic acids is 4. The first kappa shape index (κ1) is 106. The van der Waals surface area contributed by atoms with E-state index < -0.39 is 5.97 Å². The van der Waals surface area contributed by atoms with Crippen LogP contribution in [-0.4, -0.2) is 112 Å². The predicted octanol–water partition coefficient (Wildman–Crippen LogP) is 23.4. The number of methoxy groups -OCH3 is 4. The Morgan fingerprint density at radius 2 is 0.654 bits per heavy atom. The van der Waals surface area contributed by atoms with Gasteiger partial charge >= 0.3 is 29.8 Å². The molecule has 0 saturated heterocycles. The van der Waals surface area contributed by atoms with Crippen molar-refractivity contribution in [1.29, 1.82) is 0 Å². The number of carboxylic acid groups (broad SMARTS) is 1. The van der Waals surface area contributed by atoms with E-state index in [1.807, 2.05) is 233 Å². The van der Waals surface area contributed by atoms with Gasteiger partial charge in [0.1, 0.15) is 86.6 Å². The van der Waals surface area contributed by atoms with E-state index in [-0.39, 0.29) is 77.8 Å². The average molecular weight is 1800 g/mol. The minimum Gasteiger partial charge on any atom is -0.508 e. The summed E-state index contributed by atoms with van der Waals surface area (Å²) in [5.41, 5.74) is 13.1. The fourth-order valence-corrected chi connectivity index (χ4v) is 13.0. The number of carboxylic acids is 1. The number of rotatable bonds is 38. The second-order valence-corrected chi connectivity index (χ2v) is 29.1. The summed E-state index contributed by atoms with van der Waals surface area (Å²) >= 11 is 3.36. The highest BCUT2D eigenvalue weighted by atomic mass is 79.9. The maximum Gasteiger partial charge on any atom is 0.307 e. The first-order valence-corrected chi connectivity index (χ1v) is 43.6. The Balaban J connectivity index is 0.000000337. The van der Waals surface area contributed by atoms with Crippen LogP contribution in [0, 0.1) is 30.6 Å². The standard InChI is InChI=1S/C29H33NO5.C28H31NO5.C14H16O2.C13H18O3.C13H14O3.C7H7Br.C2H6/c1-4-8-25(19-29(31)32-2)23-13-17-27(18-14-23)34-20-22-11-15-26(16-12-22)35-21-28(30-33-3)24-9-6-5-7-10-24;1-3-7-24(18-28(30)31)22-12-16-26(17-13-22)33-19-21-10-14-25(15-11-21)34-20-27(29-32-2)23-8-5-4-6-9-23;1-4-5-13(10-14(15)16-3)12-8-6-11(2)7-9-12;2*1-3-4-11(9-13(15)16-2)10-5-7-12(14)8-6-10;8-6-7-4-2-1-3-5-7;1-2/h5-7,9-18,25H,4,8,19-21H2,1-3H3;4-6,8-17,24H,3,7,18-20H2,1-2H3,(H,30,31);6-9,13H,10H2,1-3H3;5-8,11,14H,3-4,9H2,1-2H3;5-8,11,14H,9H2,1-2H3;1-5H,6H2;1-2H3/b30-28+;29-27+;;;;;. The Morgan fingerprint density at radius 3 is 0.953 bits per heavy atom. The van der Waals surface area contributed by atoms with Crippen molar-refractivity contribution in [2.24, 2.45) is 10.3 Å². The first-order valence-electron chi connectivity index (χ1n) is 42.4. The second kappa shape index (κ2) is 63.8. The number of ether oxygens (including phenoxy) is 8. The lowest BCUT2D eigenvalue weighted by atomic mass is 9.91. The van der Waals surface area contributed by atoms with Crippen molar-refractivity contribution in [3.8, 4) is 58.2 Å². The highest BCUT2D eigenvalue weighted by Gasteiger charge is 2.21. The number of phenols is 2. The molecule has 5 unspecified atom stereocenters. The molecule has 10 aromatic rings. The number of benzene rings is 10. The first-order chi connectivity index (χ1) is 61.6. The van der Waals surface area contributed by atoms with Gasteiger partial charge in [-0.15, -0.1) is 11.8 Å². The van der Waals surface area contributed by atoms with E-state index in [4.69, 9.17) is 43.6 Å². The van der Waals surface area contributed by atoms with E-state index in [0.717, 1.165) is 123 Å². The van der Waals surface area contributed by atoms with Gasteiger partial charge in [0.25, 0.3) is 0 Å². The number of carbonyl (C=O) groups is 5. The van der Waals surface area contributed by atoms with Gasteiger partial charge < -0.3 is 62.9 Å². The van der Waals surface area contributed by atoms with Crippen LogP contribution in [0.1, 0.15) is 210 Å². The topological polar surface area (TPSA) is 263 Å². The van der Waals surface area contributed by atoms with Gasteiger partial charge in [0.15, 0.2) is 0 Å². The molecule has 10 aromatic carbocycles. The third-order valence-electron chi connectivity index (χ3n) is 19.3. The Labute approximate surface area is 760 Å². The minimum atomic E-state index is -0.770. The monoisotopic (exact) mass is 1790 g/mol. The maximum absolute atomic E-state index is 11.7. The quantitative estimate of drug-likeness (QED) is 0.00811. The lowest BCUT2D eigenvalue weighted by molar-refractivity contribution is -0.142. The number of hydrogen-bond acceptors (Lipinski definition) is 19. The van der Waals surface area contributed by atoms with Crippen LogP contribution < -0.4 is 18.9 Å². The summed E-state index contributed by atoms with van der Waals surface area (Å²) in [7, 11) is 8.63. The molecule has 5 atom stereocenters. The molecule has 21 heteroatoms. The lowest BCUT2D eigenvalue weighted by Crippen LogP contribution is -2.13. The molecule has 127 heavy (non-hydrogen) atoms. The van der Waals surface area contributed by atoms with Crippen molar-refractivity contribution in [2.45, 2.75) is 174 Å². The molecule has 0 amide bonds. The van der Waals surface area contributed by atoms with Crippen LogP contribution in [0.25, 0.3) is 0 Å². The molecule has 0 heterocycles. The molecule has 0 bridgehead atoms. The number of phenolic OH excluding ortho intramolecular Hbond substituents is 2. The van der Waals surface area contributed by atoms with E-state index in [2.05, 4.69) is 97.0 Å². The fourth-order valence-electron chi connectivity index (χ4n) is 12.6. The molecule has 10 rings (SSSR count). The molecule has 0 radical (unpaired) electrons. The number of nitrogens with zero attached hydrogens (tertiary/aromatic N) is 2. The third kappa shape index (κ3) is 42.9. The second-order valence-electron chi connectivity index (χ2n) is 28.5. The van der Waals surface area contributed by atoms with Crippen LogP contribution in [0.2, 0.25) is 0 Å². The van der Waals surface area contributed by atoms with Crippen LogP contribution in [0.4, 0.5) is 0 Å². The molecule has 0 aromatic heterocycles. The van der Waals surface area contributed by atoms with Crippen molar-refractivity contribution in [3.63, 3.8) is 0 Å². The van der Waals surface area contributed by atoms with Crippen LogP contribution in [0.5, 0.6) is 34.5 Å². The Kier molecular flexibility index (Phi) is 53.3. The summed E-state index contributed by atoms with van der Waals surface area (Å²) in [5.74, 6) is 13.5. The number of aromatic hydroxyl groups is 2. The molecule has 0 saturated carbocycles. The van der Waals surface area contributed by atoms with E-state index >= 15 is 0 Å². The fraction of sp³-hybridized carbons (Fsp3) is 0.330. The van der Waals surface area contributed by atoms with Crippen LogP contribution in [0.3, 0.4) is 0 Å². The summed E-state index contributed by atoms with van der Waals surface area (Å²) in [6.45, 7) is 17.3. The van der Waals surface area contributed by atoms with Gasteiger partial charge in [0.2, 0.25) is 0 Å². The van der Waals surface area contributed by atoms with Crippen molar-refractivity contribution in [2.75, 3.05) is 55.9 Å². The maximum atomic E-state index is 11.7. The molecule has 0 aliphatic rings. The number of oxime groups is 2. The number of esters is 4. The summed E-state index contributed by atoms with van der Waals surface area (Å²) in [4.78, 5) is 66.5. The van der Waals surface area contributed by atoms with Crippen LogP contribution in [-0.2, 0) is 71.1 Å². The highest BCUT2D eigenvalue weighted by molar-refractivity contribution is 9.08. The smallest absolute Gasteiger partial charge is 0.307 e. The number of alkyl halides is 1. The van der Waals surface area contributed by atoms with E-state index in [1.54, 1.807) is 50.2 Å². The number of aryl methyl sites for hydroxylation is 1. The third-order valence-corrected chi connectivity index (χ3v) is 20.0. The number of aliphatic carboxylic acids is 1.